The molecule has 1 unspecified atom stereocenters. The van der Waals surface area contributed by atoms with Gasteiger partial charge in [0.2, 0.25) is 5.91 Å². The van der Waals surface area contributed by atoms with E-state index < -0.39 is 0 Å². The molecular weight excluding hydrogens is 236 g/mol. The van der Waals surface area contributed by atoms with Crippen LogP contribution in [0.1, 0.15) is 52.1 Å². The van der Waals surface area contributed by atoms with E-state index in [0.717, 1.165) is 18.7 Å². The first kappa shape index (κ1) is 15.7. The van der Waals surface area contributed by atoms with Crippen LogP contribution in [0.25, 0.3) is 0 Å². The van der Waals surface area contributed by atoms with Crippen LogP contribution in [-0.4, -0.2) is 12.5 Å². The monoisotopic (exact) mass is 262 g/mol. The number of hydrogen-bond acceptors (Lipinski definition) is 2. The van der Waals surface area contributed by atoms with Crippen LogP contribution >= 0.6 is 0 Å². The van der Waals surface area contributed by atoms with Gasteiger partial charge in [0.1, 0.15) is 0 Å². The maximum atomic E-state index is 11.7. The van der Waals surface area contributed by atoms with Crippen LogP contribution in [-0.2, 0) is 4.79 Å². The van der Waals surface area contributed by atoms with Crippen LogP contribution in [0.4, 0.5) is 5.69 Å². The lowest BCUT2D eigenvalue weighted by Crippen LogP contribution is -2.17. The fraction of sp³-hybridized carbons (Fsp3) is 0.562. The molecule has 0 aliphatic rings. The highest BCUT2D eigenvalue weighted by molar-refractivity contribution is 5.90. The average molecular weight is 262 g/mol. The second-order valence-electron chi connectivity index (χ2n) is 5.38. The quantitative estimate of drug-likeness (QED) is 0.786. The SMILES string of the molecule is CCNC(C)c1ccc(NC(=O)CCC(C)C)cc1. The summed E-state index contributed by atoms with van der Waals surface area (Å²) in [6.45, 7) is 9.45. The van der Waals surface area contributed by atoms with Gasteiger partial charge in [-0.3, -0.25) is 4.79 Å². The molecule has 1 rings (SSSR count). The van der Waals surface area contributed by atoms with Gasteiger partial charge in [0.05, 0.1) is 0 Å². The van der Waals surface area contributed by atoms with E-state index in [1.807, 2.05) is 12.1 Å². The van der Waals surface area contributed by atoms with Crippen LogP contribution in [0, 0.1) is 5.92 Å². The van der Waals surface area contributed by atoms with Crippen LogP contribution in [0.2, 0.25) is 0 Å². The maximum absolute atomic E-state index is 11.7. The first-order valence-electron chi connectivity index (χ1n) is 7.16. The molecule has 1 aromatic carbocycles. The number of anilines is 1. The van der Waals surface area contributed by atoms with Gasteiger partial charge in [-0.05, 0) is 43.5 Å². The summed E-state index contributed by atoms with van der Waals surface area (Å²) in [5.41, 5.74) is 2.11. The van der Waals surface area contributed by atoms with E-state index in [0.29, 0.717) is 18.4 Å². The van der Waals surface area contributed by atoms with E-state index in [4.69, 9.17) is 0 Å². The number of rotatable bonds is 7. The van der Waals surface area contributed by atoms with Crippen molar-refractivity contribution in [1.82, 2.24) is 5.32 Å². The standard InChI is InChI=1S/C16H26N2O/c1-5-17-13(4)14-7-9-15(10-8-14)18-16(19)11-6-12(2)3/h7-10,12-13,17H,5-6,11H2,1-4H3,(H,18,19). The summed E-state index contributed by atoms with van der Waals surface area (Å²) in [4.78, 5) is 11.7. The molecule has 0 aliphatic heterocycles. The highest BCUT2D eigenvalue weighted by atomic mass is 16.1. The summed E-state index contributed by atoms with van der Waals surface area (Å²) in [6.07, 6.45) is 1.52. The Morgan fingerprint density at radius 1 is 1.16 bits per heavy atom. The molecule has 0 aliphatic carbocycles. The summed E-state index contributed by atoms with van der Waals surface area (Å²) >= 11 is 0. The molecule has 1 atom stereocenters. The minimum absolute atomic E-state index is 0.0983. The molecule has 0 bridgehead atoms. The van der Waals surface area contributed by atoms with Gasteiger partial charge in [-0.25, -0.2) is 0 Å². The first-order valence-corrected chi connectivity index (χ1v) is 7.16. The van der Waals surface area contributed by atoms with Crippen molar-refractivity contribution >= 4 is 11.6 Å². The Morgan fingerprint density at radius 3 is 2.32 bits per heavy atom. The van der Waals surface area contributed by atoms with E-state index in [2.05, 4.69) is 50.5 Å². The van der Waals surface area contributed by atoms with Gasteiger partial charge in [-0.2, -0.15) is 0 Å². The Kier molecular flexibility index (Phi) is 6.57. The number of amides is 1. The smallest absolute Gasteiger partial charge is 0.224 e. The van der Waals surface area contributed by atoms with Crippen molar-refractivity contribution in [1.29, 1.82) is 0 Å². The van der Waals surface area contributed by atoms with Crippen molar-refractivity contribution in [3.8, 4) is 0 Å². The summed E-state index contributed by atoms with van der Waals surface area (Å²) in [5.74, 6) is 0.662. The molecule has 106 valence electrons. The third-order valence-corrected chi connectivity index (χ3v) is 3.15. The maximum Gasteiger partial charge on any atom is 0.224 e. The third-order valence-electron chi connectivity index (χ3n) is 3.15. The van der Waals surface area contributed by atoms with E-state index in [1.165, 1.54) is 5.56 Å². The predicted octanol–water partition coefficient (Wildman–Crippen LogP) is 3.73. The predicted molar refractivity (Wildman–Crippen MR) is 81.2 cm³/mol. The van der Waals surface area contributed by atoms with Crippen molar-refractivity contribution in [2.45, 2.75) is 46.6 Å². The van der Waals surface area contributed by atoms with Crippen molar-refractivity contribution in [2.75, 3.05) is 11.9 Å². The Balaban J connectivity index is 2.50. The Bertz CT molecular complexity index is 384. The molecular formula is C16H26N2O. The van der Waals surface area contributed by atoms with Crippen LogP contribution in [0.3, 0.4) is 0 Å². The largest absolute Gasteiger partial charge is 0.326 e. The Labute approximate surface area is 116 Å². The van der Waals surface area contributed by atoms with Gasteiger partial charge in [0.15, 0.2) is 0 Å². The number of nitrogens with one attached hydrogen (secondary N) is 2. The zero-order chi connectivity index (χ0) is 14.3. The minimum atomic E-state index is 0.0983. The second-order valence-corrected chi connectivity index (χ2v) is 5.38. The van der Waals surface area contributed by atoms with Crippen LogP contribution < -0.4 is 10.6 Å². The molecule has 0 fully saturated rings. The fourth-order valence-electron chi connectivity index (χ4n) is 1.92. The van der Waals surface area contributed by atoms with Crippen molar-refractivity contribution in [3.63, 3.8) is 0 Å². The molecule has 19 heavy (non-hydrogen) atoms. The normalized spacial score (nSPS) is 12.5. The van der Waals surface area contributed by atoms with Gasteiger partial charge in [0, 0.05) is 18.2 Å². The summed E-state index contributed by atoms with van der Waals surface area (Å²) in [5, 5.41) is 6.30. The fourth-order valence-corrected chi connectivity index (χ4v) is 1.92. The molecule has 0 spiro atoms. The molecule has 0 aromatic heterocycles. The molecule has 0 saturated carbocycles. The van der Waals surface area contributed by atoms with Crippen molar-refractivity contribution < 1.29 is 4.79 Å². The molecule has 0 radical (unpaired) electrons. The molecule has 2 N–H and O–H groups in total. The highest BCUT2D eigenvalue weighted by Crippen LogP contribution is 2.16. The van der Waals surface area contributed by atoms with E-state index in [9.17, 15) is 4.79 Å². The average Bonchev–Trinajstić information content (AvgIpc) is 2.37. The lowest BCUT2D eigenvalue weighted by molar-refractivity contribution is -0.116. The van der Waals surface area contributed by atoms with Crippen LogP contribution in [0.15, 0.2) is 24.3 Å². The number of hydrogen-bond donors (Lipinski definition) is 2. The van der Waals surface area contributed by atoms with Crippen molar-refractivity contribution in [2.24, 2.45) is 5.92 Å². The zero-order valence-electron chi connectivity index (χ0n) is 12.5. The topological polar surface area (TPSA) is 41.1 Å². The molecule has 3 nitrogen and oxygen atoms in total. The number of carbonyl (C=O) groups is 1. The van der Waals surface area contributed by atoms with Gasteiger partial charge in [-0.1, -0.05) is 32.9 Å². The number of carbonyl (C=O) groups excluding carboxylic acids is 1. The van der Waals surface area contributed by atoms with Gasteiger partial charge >= 0.3 is 0 Å². The van der Waals surface area contributed by atoms with Gasteiger partial charge in [0.25, 0.3) is 0 Å². The summed E-state index contributed by atoms with van der Waals surface area (Å²) in [7, 11) is 0. The first-order chi connectivity index (χ1) is 9.02. The molecule has 0 saturated heterocycles. The summed E-state index contributed by atoms with van der Waals surface area (Å²) < 4.78 is 0. The van der Waals surface area contributed by atoms with Gasteiger partial charge < -0.3 is 10.6 Å². The van der Waals surface area contributed by atoms with Crippen LogP contribution in [0.5, 0.6) is 0 Å². The molecule has 1 aromatic rings. The molecule has 0 heterocycles. The van der Waals surface area contributed by atoms with E-state index >= 15 is 0 Å². The number of benzene rings is 1. The lowest BCUT2D eigenvalue weighted by Gasteiger charge is -2.13. The Morgan fingerprint density at radius 2 is 1.79 bits per heavy atom. The van der Waals surface area contributed by atoms with E-state index in [1.54, 1.807) is 0 Å². The Hall–Kier alpha value is -1.35. The third kappa shape index (κ3) is 5.88. The summed E-state index contributed by atoms with van der Waals surface area (Å²) in [6, 6.07) is 8.40. The second kappa shape index (κ2) is 7.95. The van der Waals surface area contributed by atoms with E-state index in [-0.39, 0.29) is 5.91 Å². The minimum Gasteiger partial charge on any atom is -0.326 e. The van der Waals surface area contributed by atoms with Crippen molar-refractivity contribution in [3.05, 3.63) is 29.8 Å². The molecule has 3 heteroatoms. The van der Waals surface area contributed by atoms with Gasteiger partial charge in [-0.15, -0.1) is 0 Å². The zero-order valence-corrected chi connectivity index (χ0v) is 12.5. The highest BCUT2D eigenvalue weighted by Gasteiger charge is 2.06. The molecule has 1 amide bonds. The lowest BCUT2D eigenvalue weighted by atomic mass is 10.1.